The SMILES string of the molecule is C=C(C)C(=O)OC(C)COC(=O)C(C)C. The molecule has 0 saturated carbocycles. The first-order valence-electron chi connectivity index (χ1n) is 4.87. The second-order valence-corrected chi connectivity index (χ2v) is 3.78. The van der Waals surface area contributed by atoms with Crippen LogP contribution >= 0.6 is 0 Å². The van der Waals surface area contributed by atoms with Crippen molar-refractivity contribution in [1.82, 2.24) is 0 Å². The topological polar surface area (TPSA) is 52.6 Å². The molecule has 4 heteroatoms. The molecule has 1 atom stereocenters. The molecular formula is C11H18O4. The largest absolute Gasteiger partial charge is 0.462 e. The summed E-state index contributed by atoms with van der Waals surface area (Å²) in [7, 11) is 0. The quantitative estimate of drug-likeness (QED) is 0.516. The van der Waals surface area contributed by atoms with E-state index in [-0.39, 0.29) is 18.5 Å². The fourth-order valence-electron chi connectivity index (χ4n) is 0.683. The molecule has 0 aliphatic rings. The number of ether oxygens (including phenoxy) is 2. The highest BCUT2D eigenvalue weighted by molar-refractivity contribution is 5.87. The van der Waals surface area contributed by atoms with Crippen molar-refractivity contribution in [2.45, 2.75) is 33.8 Å². The average molecular weight is 214 g/mol. The molecule has 0 N–H and O–H groups in total. The van der Waals surface area contributed by atoms with E-state index < -0.39 is 12.1 Å². The molecule has 0 rings (SSSR count). The fraction of sp³-hybridized carbons (Fsp3) is 0.636. The Morgan fingerprint density at radius 3 is 2.20 bits per heavy atom. The minimum Gasteiger partial charge on any atom is -0.462 e. The number of rotatable bonds is 5. The number of carbonyl (C=O) groups is 2. The highest BCUT2D eigenvalue weighted by Crippen LogP contribution is 2.01. The van der Waals surface area contributed by atoms with Crippen LogP contribution in [-0.4, -0.2) is 24.6 Å². The minimum atomic E-state index is -0.469. The predicted molar refractivity (Wildman–Crippen MR) is 56.2 cm³/mol. The van der Waals surface area contributed by atoms with Crippen LogP contribution in [0, 0.1) is 5.92 Å². The molecule has 0 spiro atoms. The normalized spacial score (nSPS) is 12.1. The third kappa shape index (κ3) is 5.88. The van der Waals surface area contributed by atoms with Gasteiger partial charge in [0, 0.05) is 5.57 Å². The first kappa shape index (κ1) is 13.7. The third-order valence-corrected chi connectivity index (χ3v) is 1.59. The van der Waals surface area contributed by atoms with Crippen molar-refractivity contribution in [2.24, 2.45) is 5.92 Å². The lowest BCUT2D eigenvalue weighted by Gasteiger charge is -2.14. The van der Waals surface area contributed by atoms with E-state index in [2.05, 4.69) is 6.58 Å². The molecule has 0 fully saturated rings. The van der Waals surface area contributed by atoms with E-state index in [4.69, 9.17) is 9.47 Å². The van der Waals surface area contributed by atoms with Crippen LogP contribution in [0.15, 0.2) is 12.2 Å². The summed E-state index contributed by atoms with van der Waals surface area (Å²) in [6.07, 6.45) is -0.447. The van der Waals surface area contributed by atoms with Gasteiger partial charge in [-0.2, -0.15) is 0 Å². The highest BCUT2D eigenvalue weighted by atomic mass is 16.6. The van der Waals surface area contributed by atoms with Gasteiger partial charge >= 0.3 is 11.9 Å². The fourth-order valence-corrected chi connectivity index (χ4v) is 0.683. The van der Waals surface area contributed by atoms with Crippen LogP contribution < -0.4 is 0 Å². The van der Waals surface area contributed by atoms with Crippen LogP contribution in [-0.2, 0) is 19.1 Å². The Bertz CT molecular complexity index is 255. The van der Waals surface area contributed by atoms with Gasteiger partial charge in [0.2, 0.25) is 0 Å². The van der Waals surface area contributed by atoms with E-state index >= 15 is 0 Å². The van der Waals surface area contributed by atoms with Crippen LogP contribution in [0.2, 0.25) is 0 Å². The molecule has 4 nitrogen and oxygen atoms in total. The second-order valence-electron chi connectivity index (χ2n) is 3.78. The van der Waals surface area contributed by atoms with Gasteiger partial charge in [0.05, 0.1) is 5.92 Å². The maximum Gasteiger partial charge on any atom is 0.333 e. The molecule has 1 unspecified atom stereocenters. The second kappa shape index (κ2) is 6.22. The van der Waals surface area contributed by atoms with Crippen molar-refractivity contribution >= 4 is 11.9 Å². The van der Waals surface area contributed by atoms with Gasteiger partial charge in [0.25, 0.3) is 0 Å². The van der Waals surface area contributed by atoms with E-state index in [1.807, 2.05) is 0 Å². The summed E-state index contributed by atoms with van der Waals surface area (Å²) >= 11 is 0. The van der Waals surface area contributed by atoms with Crippen molar-refractivity contribution in [2.75, 3.05) is 6.61 Å². The molecule has 0 saturated heterocycles. The maximum absolute atomic E-state index is 11.1. The van der Waals surface area contributed by atoms with Crippen LogP contribution in [0.3, 0.4) is 0 Å². The molecule has 0 aliphatic carbocycles. The Balaban J connectivity index is 3.85. The summed E-state index contributed by atoms with van der Waals surface area (Å²) in [4.78, 5) is 22.2. The summed E-state index contributed by atoms with van der Waals surface area (Å²) in [6.45, 7) is 10.2. The number of hydrogen-bond donors (Lipinski definition) is 0. The zero-order valence-corrected chi connectivity index (χ0v) is 9.70. The molecule has 0 heterocycles. The molecule has 15 heavy (non-hydrogen) atoms. The number of hydrogen-bond acceptors (Lipinski definition) is 4. The highest BCUT2D eigenvalue weighted by Gasteiger charge is 2.14. The van der Waals surface area contributed by atoms with Gasteiger partial charge in [-0.25, -0.2) is 4.79 Å². The molecule has 0 amide bonds. The Kier molecular flexibility index (Phi) is 5.67. The summed E-state index contributed by atoms with van der Waals surface area (Å²) in [5.41, 5.74) is 0.331. The van der Waals surface area contributed by atoms with E-state index in [9.17, 15) is 9.59 Å². The first-order valence-corrected chi connectivity index (χ1v) is 4.87. The van der Waals surface area contributed by atoms with Crippen LogP contribution in [0.4, 0.5) is 0 Å². The van der Waals surface area contributed by atoms with E-state index in [1.165, 1.54) is 0 Å². The summed E-state index contributed by atoms with van der Waals surface area (Å²) in [5.74, 6) is -0.939. The maximum atomic E-state index is 11.1. The van der Waals surface area contributed by atoms with Gasteiger partial charge in [0.1, 0.15) is 12.7 Å². The monoisotopic (exact) mass is 214 g/mol. The van der Waals surface area contributed by atoms with Crippen molar-refractivity contribution in [3.63, 3.8) is 0 Å². The van der Waals surface area contributed by atoms with E-state index in [0.717, 1.165) is 0 Å². The predicted octanol–water partition coefficient (Wildman–Crippen LogP) is 1.69. The van der Waals surface area contributed by atoms with Gasteiger partial charge in [-0.1, -0.05) is 20.4 Å². The Morgan fingerprint density at radius 1 is 1.27 bits per heavy atom. The first-order chi connectivity index (χ1) is 6.84. The summed E-state index contributed by atoms with van der Waals surface area (Å²) in [5, 5.41) is 0. The summed E-state index contributed by atoms with van der Waals surface area (Å²) < 4.78 is 9.83. The van der Waals surface area contributed by atoms with Crippen LogP contribution in [0.25, 0.3) is 0 Å². The molecule has 0 bridgehead atoms. The van der Waals surface area contributed by atoms with Crippen molar-refractivity contribution in [1.29, 1.82) is 0 Å². The van der Waals surface area contributed by atoms with Crippen molar-refractivity contribution in [3.8, 4) is 0 Å². The van der Waals surface area contributed by atoms with Gasteiger partial charge in [0.15, 0.2) is 0 Å². The Hall–Kier alpha value is -1.32. The van der Waals surface area contributed by atoms with Crippen LogP contribution in [0.1, 0.15) is 27.7 Å². The third-order valence-electron chi connectivity index (χ3n) is 1.59. The van der Waals surface area contributed by atoms with E-state index in [1.54, 1.807) is 27.7 Å². The Morgan fingerprint density at radius 2 is 1.80 bits per heavy atom. The molecule has 0 aromatic carbocycles. The minimum absolute atomic E-state index is 0.0794. The molecule has 0 aromatic heterocycles. The lowest BCUT2D eigenvalue weighted by Crippen LogP contribution is -2.24. The van der Waals surface area contributed by atoms with Crippen molar-refractivity contribution < 1.29 is 19.1 Å². The molecule has 86 valence electrons. The van der Waals surface area contributed by atoms with Crippen molar-refractivity contribution in [3.05, 3.63) is 12.2 Å². The van der Waals surface area contributed by atoms with Gasteiger partial charge in [-0.3, -0.25) is 4.79 Å². The zero-order chi connectivity index (χ0) is 12.0. The molecule has 0 radical (unpaired) electrons. The number of carbonyl (C=O) groups excluding carboxylic acids is 2. The molecule has 0 aliphatic heterocycles. The zero-order valence-electron chi connectivity index (χ0n) is 9.70. The molecule has 0 aromatic rings. The lowest BCUT2D eigenvalue weighted by molar-refractivity contribution is -0.157. The molecular weight excluding hydrogens is 196 g/mol. The van der Waals surface area contributed by atoms with E-state index in [0.29, 0.717) is 5.57 Å². The average Bonchev–Trinajstić information content (AvgIpc) is 2.13. The lowest BCUT2D eigenvalue weighted by atomic mass is 10.2. The van der Waals surface area contributed by atoms with Gasteiger partial charge < -0.3 is 9.47 Å². The number of esters is 2. The van der Waals surface area contributed by atoms with Gasteiger partial charge in [-0.15, -0.1) is 0 Å². The smallest absolute Gasteiger partial charge is 0.333 e. The Labute approximate surface area is 90.2 Å². The van der Waals surface area contributed by atoms with Crippen LogP contribution in [0.5, 0.6) is 0 Å². The summed E-state index contributed by atoms with van der Waals surface area (Å²) in [6, 6.07) is 0. The standard InChI is InChI=1S/C11H18O4/c1-7(2)10(12)14-6-9(5)15-11(13)8(3)4/h7,9H,3,6H2,1-2,4-5H3. The van der Waals surface area contributed by atoms with Gasteiger partial charge in [-0.05, 0) is 13.8 Å².